The van der Waals surface area contributed by atoms with Gasteiger partial charge in [0.25, 0.3) is 0 Å². The molecule has 1 aromatic carbocycles. The van der Waals surface area contributed by atoms with Crippen LogP contribution in [0.1, 0.15) is 53.0 Å². The summed E-state index contributed by atoms with van der Waals surface area (Å²) in [7, 11) is 3.24. The summed E-state index contributed by atoms with van der Waals surface area (Å²) in [5.74, 6) is 1.56. The lowest BCUT2D eigenvalue weighted by Gasteiger charge is -2.32. The Morgan fingerprint density at radius 1 is 1.12 bits per heavy atom. The molecule has 24 heavy (non-hydrogen) atoms. The second-order valence-corrected chi connectivity index (χ2v) is 7.59. The van der Waals surface area contributed by atoms with Gasteiger partial charge in [-0.3, -0.25) is 0 Å². The summed E-state index contributed by atoms with van der Waals surface area (Å²) in [5.41, 5.74) is 0.559. The summed E-state index contributed by atoms with van der Waals surface area (Å²) >= 11 is 0. The van der Waals surface area contributed by atoms with Crippen molar-refractivity contribution in [2.24, 2.45) is 5.92 Å². The van der Waals surface area contributed by atoms with E-state index in [1.165, 1.54) is 0 Å². The van der Waals surface area contributed by atoms with E-state index in [9.17, 15) is 5.26 Å². The van der Waals surface area contributed by atoms with Gasteiger partial charge < -0.3 is 14.8 Å². The molecule has 0 heterocycles. The highest BCUT2D eigenvalue weighted by Crippen LogP contribution is 2.40. The van der Waals surface area contributed by atoms with Crippen LogP contribution in [0.25, 0.3) is 0 Å². The Morgan fingerprint density at radius 3 is 2.21 bits per heavy atom. The first kappa shape index (κ1) is 20.3. The maximum absolute atomic E-state index is 10.0. The monoisotopic (exact) mass is 332 g/mol. The molecule has 1 unspecified atom stereocenters. The molecule has 4 nitrogen and oxygen atoms in total. The zero-order valence-electron chi connectivity index (χ0n) is 16.2. The van der Waals surface area contributed by atoms with Gasteiger partial charge in [-0.05, 0) is 63.8 Å². The van der Waals surface area contributed by atoms with Crippen molar-refractivity contribution in [2.75, 3.05) is 20.8 Å². The van der Waals surface area contributed by atoms with Crippen molar-refractivity contribution in [1.82, 2.24) is 5.32 Å². The van der Waals surface area contributed by atoms with Gasteiger partial charge >= 0.3 is 0 Å². The Morgan fingerprint density at radius 2 is 1.75 bits per heavy atom. The van der Waals surface area contributed by atoms with Crippen molar-refractivity contribution in [2.45, 2.75) is 58.4 Å². The maximum atomic E-state index is 10.0. The molecule has 0 saturated heterocycles. The molecule has 0 aliphatic rings. The number of rotatable bonds is 8. The Labute approximate surface area is 147 Å². The van der Waals surface area contributed by atoms with Crippen LogP contribution in [0.2, 0.25) is 0 Å². The molecular formula is C20H32N2O2. The maximum Gasteiger partial charge on any atom is 0.161 e. The highest BCUT2D eigenvalue weighted by Gasteiger charge is 2.36. The molecule has 0 aliphatic carbocycles. The number of nitrogens with one attached hydrogen (secondary N) is 1. The van der Waals surface area contributed by atoms with Crippen molar-refractivity contribution >= 4 is 0 Å². The molecular weight excluding hydrogens is 300 g/mol. The molecule has 0 aromatic heterocycles. The van der Waals surface area contributed by atoms with E-state index in [0.717, 1.165) is 24.9 Å². The fourth-order valence-corrected chi connectivity index (χ4v) is 2.96. The standard InChI is InChI=1S/C20H32N2O2/c1-15(2)20(14-21,11-8-12-22-19(3,4)5)16-9-10-17(23-6)18(13-16)24-7/h9-10,13,15,22H,8,11-12H2,1-7H3. The summed E-state index contributed by atoms with van der Waals surface area (Å²) in [6, 6.07) is 8.41. The van der Waals surface area contributed by atoms with E-state index in [2.05, 4.69) is 46.0 Å². The van der Waals surface area contributed by atoms with Crippen molar-refractivity contribution in [3.05, 3.63) is 23.8 Å². The summed E-state index contributed by atoms with van der Waals surface area (Å²) in [6.07, 6.45) is 1.75. The molecule has 0 bridgehead atoms. The molecule has 1 aromatic rings. The third-order valence-corrected chi connectivity index (χ3v) is 4.49. The number of methoxy groups -OCH3 is 2. The molecule has 0 aliphatic heterocycles. The van der Waals surface area contributed by atoms with E-state index in [1.807, 2.05) is 18.2 Å². The molecule has 0 amide bonds. The minimum atomic E-state index is -0.529. The normalized spacial score (nSPS) is 14.1. The quantitative estimate of drug-likeness (QED) is 0.722. The van der Waals surface area contributed by atoms with Crippen molar-refractivity contribution in [1.29, 1.82) is 5.26 Å². The van der Waals surface area contributed by atoms with Crippen LogP contribution in [-0.4, -0.2) is 26.3 Å². The van der Waals surface area contributed by atoms with E-state index >= 15 is 0 Å². The zero-order chi connectivity index (χ0) is 18.4. The van der Waals surface area contributed by atoms with Crippen molar-refractivity contribution < 1.29 is 9.47 Å². The largest absolute Gasteiger partial charge is 0.493 e. The highest BCUT2D eigenvalue weighted by molar-refractivity contribution is 5.47. The molecule has 0 spiro atoms. The molecule has 134 valence electrons. The number of nitriles is 1. The van der Waals surface area contributed by atoms with Gasteiger partial charge in [-0.25, -0.2) is 0 Å². The lowest BCUT2D eigenvalue weighted by Crippen LogP contribution is -2.38. The Hall–Kier alpha value is -1.73. The predicted octanol–water partition coefficient (Wildman–Crippen LogP) is 4.29. The predicted molar refractivity (Wildman–Crippen MR) is 98.7 cm³/mol. The van der Waals surface area contributed by atoms with Crippen LogP contribution in [0.3, 0.4) is 0 Å². The Balaban J connectivity index is 3.06. The van der Waals surface area contributed by atoms with Crippen LogP contribution in [0.4, 0.5) is 0 Å². The molecule has 1 N–H and O–H groups in total. The van der Waals surface area contributed by atoms with Crippen LogP contribution in [0, 0.1) is 17.2 Å². The fourth-order valence-electron chi connectivity index (χ4n) is 2.96. The number of ether oxygens (including phenoxy) is 2. The molecule has 1 atom stereocenters. The zero-order valence-corrected chi connectivity index (χ0v) is 16.2. The van der Waals surface area contributed by atoms with Gasteiger partial charge in [0.1, 0.15) is 0 Å². The first-order chi connectivity index (χ1) is 11.2. The average Bonchev–Trinajstić information content (AvgIpc) is 2.53. The van der Waals surface area contributed by atoms with Gasteiger partial charge in [-0.15, -0.1) is 0 Å². The SMILES string of the molecule is COc1ccc(C(C#N)(CCCNC(C)(C)C)C(C)C)cc1OC. The first-order valence-corrected chi connectivity index (χ1v) is 8.59. The summed E-state index contributed by atoms with van der Waals surface area (Å²) < 4.78 is 10.7. The first-order valence-electron chi connectivity index (χ1n) is 8.59. The second kappa shape index (κ2) is 8.39. The van der Waals surface area contributed by atoms with Crippen LogP contribution in [0.15, 0.2) is 18.2 Å². The third-order valence-electron chi connectivity index (χ3n) is 4.49. The lowest BCUT2D eigenvalue weighted by molar-refractivity contribution is 0.333. The molecule has 0 fully saturated rings. The molecule has 1 rings (SSSR count). The van der Waals surface area contributed by atoms with E-state index in [-0.39, 0.29) is 11.5 Å². The van der Waals surface area contributed by atoms with E-state index in [0.29, 0.717) is 11.5 Å². The number of hydrogen-bond acceptors (Lipinski definition) is 4. The average molecular weight is 332 g/mol. The van der Waals surface area contributed by atoms with Gasteiger partial charge in [0.05, 0.1) is 25.7 Å². The van der Waals surface area contributed by atoms with Gasteiger partial charge in [0.15, 0.2) is 11.5 Å². The third kappa shape index (κ3) is 4.88. The summed E-state index contributed by atoms with van der Waals surface area (Å²) in [4.78, 5) is 0. The summed E-state index contributed by atoms with van der Waals surface area (Å²) in [5, 5.41) is 13.5. The number of benzene rings is 1. The van der Waals surface area contributed by atoms with E-state index in [1.54, 1.807) is 14.2 Å². The fraction of sp³-hybridized carbons (Fsp3) is 0.650. The van der Waals surface area contributed by atoms with Crippen molar-refractivity contribution in [3.8, 4) is 17.6 Å². The topological polar surface area (TPSA) is 54.3 Å². The Kier molecular flexibility index (Phi) is 7.10. The molecule has 0 radical (unpaired) electrons. The minimum Gasteiger partial charge on any atom is -0.493 e. The van der Waals surface area contributed by atoms with Crippen molar-refractivity contribution in [3.63, 3.8) is 0 Å². The highest BCUT2D eigenvalue weighted by atomic mass is 16.5. The van der Waals surface area contributed by atoms with Crippen LogP contribution in [-0.2, 0) is 5.41 Å². The smallest absolute Gasteiger partial charge is 0.161 e. The summed E-state index contributed by atoms with van der Waals surface area (Å²) in [6.45, 7) is 11.6. The lowest BCUT2D eigenvalue weighted by atomic mass is 9.69. The second-order valence-electron chi connectivity index (χ2n) is 7.59. The van der Waals surface area contributed by atoms with Gasteiger partial charge in [0.2, 0.25) is 0 Å². The van der Waals surface area contributed by atoms with E-state index in [4.69, 9.17) is 9.47 Å². The van der Waals surface area contributed by atoms with Crippen LogP contribution in [0.5, 0.6) is 11.5 Å². The van der Waals surface area contributed by atoms with Gasteiger partial charge in [-0.1, -0.05) is 19.9 Å². The van der Waals surface area contributed by atoms with Gasteiger partial charge in [-0.2, -0.15) is 5.26 Å². The van der Waals surface area contributed by atoms with Crippen LogP contribution < -0.4 is 14.8 Å². The molecule has 0 saturated carbocycles. The number of hydrogen-bond donors (Lipinski definition) is 1. The van der Waals surface area contributed by atoms with E-state index < -0.39 is 5.41 Å². The minimum absolute atomic E-state index is 0.0937. The molecule has 4 heteroatoms. The number of nitrogens with zero attached hydrogens (tertiary/aromatic N) is 1. The van der Waals surface area contributed by atoms with Gasteiger partial charge in [0, 0.05) is 5.54 Å². The Bertz CT molecular complexity index is 570. The van der Waals surface area contributed by atoms with Crippen LogP contribution >= 0.6 is 0 Å².